The summed E-state index contributed by atoms with van der Waals surface area (Å²) in [6, 6.07) is 0. The maximum Gasteiger partial charge on any atom is 0.156 e. The number of rotatable bonds is 4. The Bertz CT molecular complexity index is 79.7. The molecule has 0 spiro atoms. The van der Waals surface area contributed by atoms with E-state index in [-0.39, 0.29) is 0 Å². The number of aliphatic hydroxyl groups excluding tert-OH is 4. The average molecular weight is 154 g/mol. The van der Waals surface area contributed by atoms with E-state index in [1.165, 1.54) is 0 Å². The van der Waals surface area contributed by atoms with Gasteiger partial charge in [-0.15, -0.1) is 0 Å². The fraction of sp³-hybridized carbons (Fsp3) is 1.00. The smallest absolute Gasteiger partial charge is 0.156 e. The number of hydrogen-bond acceptors (Lipinski definition) is 4. The Morgan fingerprint density at radius 2 is 1.30 bits per heavy atom. The summed E-state index contributed by atoms with van der Waals surface area (Å²) in [6.07, 6.45) is -5.24. The van der Waals surface area contributed by atoms with E-state index >= 15 is 0 Å². The molecule has 0 aromatic heterocycles. The lowest BCUT2D eigenvalue weighted by molar-refractivity contribution is -0.0515. The van der Waals surface area contributed by atoms with Gasteiger partial charge in [-0.1, -0.05) is 0 Å². The van der Waals surface area contributed by atoms with Crippen molar-refractivity contribution in [1.82, 2.24) is 0 Å². The molecule has 62 valence electrons. The first-order chi connectivity index (χ1) is 4.63. The molecule has 0 rings (SSSR count). The van der Waals surface area contributed by atoms with Crippen LogP contribution in [0, 0.1) is 0 Å². The summed E-state index contributed by atoms with van der Waals surface area (Å²) in [7, 11) is 0. The highest BCUT2D eigenvalue weighted by Crippen LogP contribution is 2.03. The normalized spacial score (nSPS) is 20.1. The molecule has 0 aliphatic heterocycles. The number of hydrogen-bond donors (Lipinski definition) is 4. The van der Waals surface area contributed by atoms with Gasteiger partial charge in [-0.25, -0.2) is 4.39 Å². The molecule has 3 atom stereocenters. The number of halogens is 1. The predicted molar refractivity (Wildman–Crippen MR) is 31.1 cm³/mol. The second kappa shape index (κ2) is 4.56. The van der Waals surface area contributed by atoms with Gasteiger partial charge in [0, 0.05) is 0 Å². The van der Waals surface area contributed by atoms with E-state index in [1.807, 2.05) is 0 Å². The van der Waals surface area contributed by atoms with Gasteiger partial charge in [-0.2, -0.15) is 0 Å². The van der Waals surface area contributed by atoms with Crippen LogP contribution in [0.5, 0.6) is 0 Å². The summed E-state index contributed by atoms with van der Waals surface area (Å²) in [6.45, 7) is -1.53. The largest absolute Gasteiger partial charge is 0.394 e. The lowest BCUT2D eigenvalue weighted by atomic mass is 10.1. The van der Waals surface area contributed by atoms with Crippen LogP contribution in [0.3, 0.4) is 0 Å². The average Bonchev–Trinajstić information content (AvgIpc) is 2.00. The molecule has 0 bridgehead atoms. The first-order valence-corrected chi connectivity index (χ1v) is 2.85. The lowest BCUT2D eigenvalue weighted by Gasteiger charge is -2.16. The monoisotopic (exact) mass is 154 g/mol. The van der Waals surface area contributed by atoms with Crippen LogP contribution in [0.1, 0.15) is 0 Å². The summed E-state index contributed by atoms with van der Waals surface area (Å²) in [4.78, 5) is 0. The van der Waals surface area contributed by atoms with Crippen LogP contribution in [0.15, 0.2) is 0 Å². The Balaban J connectivity index is 3.69. The van der Waals surface area contributed by atoms with Gasteiger partial charge >= 0.3 is 0 Å². The van der Waals surface area contributed by atoms with Crippen molar-refractivity contribution < 1.29 is 24.8 Å². The standard InChI is InChI=1S/C5H11FO4/c6-5(3(9)1-7)4(10)2-8/h3-5,7-10H,1-2H2/t3-,4+,5+. The quantitative estimate of drug-likeness (QED) is 0.378. The maximum absolute atomic E-state index is 12.4. The van der Waals surface area contributed by atoms with Gasteiger partial charge in [0.25, 0.3) is 0 Å². The highest BCUT2D eigenvalue weighted by molar-refractivity contribution is 4.73. The Kier molecular flexibility index (Phi) is 4.46. The van der Waals surface area contributed by atoms with Crippen LogP contribution in [-0.4, -0.2) is 52.0 Å². The number of aliphatic hydroxyl groups is 4. The van der Waals surface area contributed by atoms with Crippen LogP contribution < -0.4 is 0 Å². The maximum atomic E-state index is 12.4. The second-order valence-corrected chi connectivity index (χ2v) is 1.94. The Morgan fingerprint density at radius 3 is 1.50 bits per heavy atom. The zero-order chi connectivity index (χ0) is 8.15. The van der Waals surface area contributed by atoms with Crippen LogP contribution in [0.25, 0.3) is 0 Å². The summed E-state index contributed by atoms with van der Waals surface area (Å²) in [5.41, 5.74) is 0. The minimum atomic E-state index is -1.99. The predicted octanol–water partition coefficient (Wildman–Crippen LogP) is -1.97. The molecule has 0 aliphatic rings. The van der Waals surface area contributed by atoms with E-state index < -0.39 is 31.6 Å². The van der Waals surface area contributed by atoms with Crippen molar-refractivity contribution in [3.8, 4) is 0 Å². The van der Waals surface area contributed by atoms with Crippen molar-refractivity contribution in [2.24, 2.45) is 0 Å². The molecule has 4 nitrogen and oxygen atoms in total. The van der Waals surface area contributed by atoms with Gasteiger partial charge in [0.1, 0.15) is 12.2 Å². The van der Waals surface area contributed by atoms with Crippen molar-refractivity contribution in [3.05, 3.63) is 0 Å². The molecule has 0 unspecified atom stereocenters. The summed E-state index contributed by atoms with van der Waals surface area (Å²) in [5, 5.41) is 33.4. The van der Waals surface area contributed by atoms with E-state index in [0.717, 1.165) is 0 Å². The van der Waals surface area contributed by atoms with Crippen LogP contribution >= 0.6 is 0 Å². The molecule has 0 fully saturated rings. The molecule has 0 aromatic carbocycles. The van der Waals surface area contributed by atoms with Crippen molar-refractivity contribution in [3.63, 3.8) is 0 Å². The van der Waals surface area contributed by atoms with Gasteiger partial charge in [-0.3, -0.25) is 0 Å². The molecular formula is C5H11FO4. The van der Waals surface area contributed by atoms with Crippen molar-refractivity contribution >= 4 is 0 Å². The van der Waals surface area contributed by atoms with Gasteiger partial charge < -0.3 is 20.4 Å². The van der Waals surface area contributed by atoms with E-state index in [0.29, 0.717) is 0 Å². The van der Waals surface area contributed by atoms with Crippen molar-refractivity contribution in [2.45, 2.75) is 18.4 Å². The topological polar surface area (TPSA) is 80.9 Å². The van der Waals surface area contributed by atoms with Gasteiger partial charge in [-0.05, 0) is 0 Å². The summed E-state index contributed by atoms with van der Waals surface area (Å²) < 4.78 is 12.4. The molecule has 0 aromatic rings. The van der Waals surface area contributed by atoms with E-state index in [9.17, 15) is 4.39 Å². The van der Waals surface area contributed by atoms with Crippen LogP contribution in [0.4, 0.5) is 4.39 Å². The molecule has 0 aliphatic carbocycles. The minimum Gasteiger partial charge on any atom is -0.394 e. The lowest BCUT2D eigenvalue weighted by Crippen LogP contribution is -2.38. The zero-order valence-electron chi connectivity index (χ0n) is 5.31. The molecule has 5 heteroatoms. The summed E-state index contributed by atoms with van der Waals surface area (Å²) >= 11 is 0. The zero-order valence-corrected chi connectivity index (χ0v) is 5.31. The van der Waals surface area contributed by atoms with Crippen LogP contribution in [-0.2, 0) is 0 Å². The molecular weight excluding hydrogens is 143 g/mol. The number of alkyl halides is 1. The molecule has 0 saturated heterocycles. The Labute approximate surface area is 57.5 Å². The molecule has 4 N–H and O–H groups in total. The highest BCUT2D eigenvalue weighted by atomic mass is 19.1. The molecule has 10 heavy (non-hydrogen) atoms. The molecule has 0 saturated carbocycles. The SMILES string of the molecule is OC[C@@H](O)[C@H](F)[C@@H](O)CO. The van der Waals surface area contributed by atoms with Gasteiger partial charge in [0.15, 0.2) is 6.17 Å². The van der Waals surface area contributed by atoms with Gasteiger partial charge in [0.2, 0.25) is 0 Å². The molecule has 0 amide bonds. The van der Waals surface area contributed by atoms with Crippen molar-refractivity contribution in [1.29, 1.82) is 0 Å². The van der Waals surface area contributed by atoms with Gasteiger partial charge in [0.05, 0.1) is 13.2 Å². The first kappa shape index (κ1) is 9.77. The molecule has 0 radical (unpaired) electrons. The van der Waals surface area contributed by atoms with E-state index in [4.69, 9.17) is 20.4 Å². The van der Waals surface area contributed by atoms with E-state index in [2.05, 4.69) is 0 Å². The highest BCUT2D eigenvalue weighted by Gasteiger charge is 2.24. The third-order valence-corrected chi connectivity index (χ3v) is 1.11. The third-order valence-electron chi connectivity index (χ3n) is 1.11. The Hall–Kier alpha value is -0.230. The third kappa shape index (κ3) is 2.57. The second-order valence-electron chi connectivity index (χ2n) is 1.94. The summed E-state index contributed by atoms with van der Waals surface area (Å²) in [5.74, 6) is 0. The molecule has 0 heterocycles. The fourth-order valence-corrected chi connectivity index (χ4v) is 0.458. The van der Waals surface area contributed by atoms with E-state index in [1.54, 1.807) is 0 Å². The first-order valence-electron chi connectivity index (χ1n) is 2.85. The van der Waals surface area contributed by atoms with Crippen molar-refractivity contribution in [2.75, 3.05) is 13.2 Å². The van der Waals surface area contributed by atoms with Crippen LogP contribution in [0.2, 0.25) is 0 Å². The minimum absolute atomic E-state index is 0.766. The fourth-order valence-electron chi connectivity index (χ4n) is 0.458. The Morgan fingerprint density at radius 1 is 1.00 bits per heavy atom.